The summed E-state index contributed by atoms with van der Waals surface area (Å²) < 4.78 is 7.00. The molecule has 1 aromatic carbocycles. The van der Waals surface area contributed by atoms with Crippen LogP contribution < -0.4 is 5.73 Å². The lowest BCUT2D eigenvalue weighted by atomic mass is 9.65. The van der Waals surface area contributed by atoms with Crippen molar-refractivity contribution in [1.29, 1.82) is 0 Å². The molecule has 1 aliphatic carbocycles. The van der Waals surface area contributed by atoms with Crippen molar-refractivity contribution in [2.45, 2.75) is 39.0 Å². The van der Waals surface area contributed by atoms with Crippen LogP contribution in [0, 0.1) is 5.41 Å². The molecule has 0 aromatic heterocycles. The first-order chi connectivity index (χ1) is 7.50. The molecule has 1 aromatic rings. The van der Waals surface area contributed by atoms with Crippen LogP contribution >= 0.6 is 15.9 Å². The van der Waals surface area contributed by atoms with Crippen LogP contribution in [0.3, 0.4) is 0 Å². The van der Waals surface area contributed by atoms with Crippen LogP contribution in [0.5, 0.6) is 0 Å². The molecule has 1 fully saturated rings. The maximum Gasteiger partial charge on any atom is 0.0721 e. The third-order valence-electron chi connectivity index (χ3n) is 3.59. The number of nitrogens with two attached hydrogens (primary N) is 1. The van der Waals surface area contributed by atoms with Crippen LogP contribution in [-0.2, 0) is 11.3 Å². The fourth-order valence-electron chi connectivity index (χ4n) is 2.02. The first-order valence-electron chi connectivity index (χ1n) is 5.62. The smallest absolute Gasteiger partial charge is 0.0721 e. The third-order valence-corrected chi connectivity index (χ3v) is 4.09. The van der Waals surface area contributed by atoms with E-state index in [0.717, 1.165) is 10.9 Å². The second kappa shape index (κ2) is 4.47. The van der Waals surface area contributed by atoms with Gasteiger partial charge in [0.05, 0.1) is 12.7 Å². The van der Waals surface area contributed by atoms with Crippen molar-refractivity contribution in [2.75, 3.05) is 0 Å². The molecule has 2 atom stereocenters. The number of halogens is 1. The molecule has 0 radical (unpaired) electrons. The monoisotopic (exact) mass is 283 g/mol. The van der Waals surface area contributed by atoms with E-state index in [2.05, 4.69) is 41.9 Å². The van der Waals surface area contributed by atoms with Crippen molar-refractivity contribution in [3.05, 3.63) is 34.3 Å². The van der Waals surface area contributed by atoms with Crippen molar-refractivity contribution in [2.24, 2.45) is 11.1 Å². The normalized spacial score (nSPS) is 27.5. The molecule has 1 saturated carbocycles. The maximum atomic E-state index is 5.95. The van der Waals surface area contributed by atoms with Crippen LogP contribution in [0.15, 0.2) is 28.7 Å². The van der Waals surface area contributed by atoms with Gasteiger partial charge in [0.1, 0.15) is 0 Å². The fourth-order valence-corrected chi connectivity index (χ4v) is 2.47. The molecule has 0 spiro atoms. The van der Waals surface area contributed by atoms with E-state index in [4.69, 9.17) is 10.5 Å². The minimum absolute atomic E-state index is 0.117. The zero-order valence-electron chi connectivity index (χ0n) is 9.74. The van der Waals surface area contributed by atoms with Crippen molar-refractivity contribution in [3.8, 4) is 0 Å². The van der Waals surface area contributed by atoms with Crippen LogP contribution in [0.25, 0.3) is 0 Å². The summed E-state index contributed by atoms with van der Waals surface area (Å²) in [4.78, 5) is 0. The predicted octanol–water partition coefficient (Wildman–Crippen LogP) is 3.09. The molecule has 0 heterocycles. The molecule has 0 amide bonds. The standard InChI is InChI=1S/C13H18BrNO/c1-13(2)11(15)7-12(13)16-8-9-4-3-5-10(14)6-9/h3-6,11-12H,7-8,15H2,1-2H3. The molecule has 2 nitrogen and oxygen atoms in total. The zero-order chi connectivity index (χ0) is 11.8. The molecule has 88 valence electrons. The number of ether oxygens (including phenoxy) is 1. The lowest BCUT2D eigenvalue weighted by Crippen LogP contribution is -2.58. The molecule has 0 bridgehead atoms. The van der Waals surface area contributed by atoms with E-state index < -0.39 is 0 Å². The molecule has 1 aliphatic rings. The average Bonchev–Trinajstić information content (AvgIpc) is 2.24. The molecule has 3 heteroatoms. The molecule has 2 rings (SSSR count). The highest BCUT2D eigenvalue weighted by Crippen LogP contribution is 2.41. The van der Waals surface area contributed by atoms with E-state index in [9.17, 15) is 0 Å². The summed E-state index contributed by atoms with van der Waals surface area (Å²) in [5.74, 6) is 0. The topological polar surface area (TPSA) is 35.2 Å². The number of hydrogen-bond donors (Lipinski definition) is 1. The van der Waals surface area contributed by atoms with Crippen LogP contribution in [0.4, 0.5) is 0 Å². The van der Waals surface area contributed by atoms with Gasteiger partial charge in [-0.15, -0.1) is 0 Å². The largest absolute Gasteiger partial charge is 0.373 e. The van der Waals surface area contributed by atoms with Crippen LogP contribution in [0.1, 0.15) is 25.8 Å². The Morgan fingerprint density at radius 2 is 2.25 bits per heavy atom. The summed E-state index contributed by atoms with van der Waals surface area (Å²) in [6.45, 7) is 5.01. The van der Waals surface area contributed by atoms with E-state index in [1.165, 1.54) is 5.56 Å². The Hall–Kier alpha value is -0.380. The van der Waals surface area contributed by atoms with Gasteiger partial charge in [-0.2, -0.15) is 0 Å². The van der Waals surface area contributed by atoms with Gasteiger partial charge in [-0.1, -0.05) is 41.9 Å². The molecule has 2 N–H and O–H groups in total. The number of hydrogen-bond acceptors (Lipinski definition) is 2. The molecular weight excluding hydrogens is 266 g/mol. The quantitative estimate of drug-likeness (QED) is 0.925. The Labute approximate surface area is 105 Å². The first kappa shape index (κ1) is 12.1. The van der Waals surface area contributed by atoms with E-state index >= 15 is 0 Å². The minimum Gasteiger partial charge on any atom is -0.373 e. The highest BCUT2D eigenvalue weighted by Gasteiger charge is 2.46. The molecule has 0 saturated heterocycles. The van der Waals surface area contributed by atoms with Crippen molar-refractivity contribution < 1.29 is 4.74 Å². The molecule has 16 heavy (non-hydrogen) atoms. The Kier molecular flexibility index (Phi) is 3.38. The van der Waals surface area contributed by atoms with Gasteiger partial charge in [0.25, 0.3) is 0 Å². The Balaban J connectivity index is 1.89. The van der Waals surface area contributed by atoms with Crippen LogP contribution in [0.2, 0.25) is 0 Å². The summed E-state index contributed by atoms with van der Waals surface area (Å²) in [7, 11) is 0. The minimum atomic E-state index is 0.117. The molecule has 0 aliphatic heterocycles. The van der Waals surface area contributed by atoms with E-state index in [1.807, 2.05) is 12.1 Å². The summed E-state index contributed by atoms with van der Waals surface area (Å²) in [6, 6.07) is 8.50. The maximum absolute atomic E-state index is 5.95. The van der Waals surface area contributed by atoms with E-state index in [1.54, 1.807) is 0 Å². The van der Waals surface area contributed by atoms with Crippen LogP contribution in [-0.4, -0.2) is 12.1 Å². The van der Waals surface area contributed by atoms with Gasteiger partial charge in [-0.25, -0.2) is 0 Å². The van der Waals surface area contributed by atoms with Gasteiger partial charge >= 0.3 is 0 Å². The first-order valence-corrected chi connectivity index (χ1v) is 6.41. The van der Waals surface area contributed by atoms with Gasteiger partial charge < -0.3 is 10.5 Å². The summed E-state index contributed by atoms with van der Waals surface area (Å²) in [6.07, 6.45) is 1.27. The second-order valence-corrected chi connectivity index (χ2v) is 6.01. The van der Waals surface area contributed by atoms with E-state index in [-0.39, 0.29) is 11.5 Å². The Morgan fingerprint density at radius 1 is 1.50 bits per heavy atom. The van der Waals surface area contributed by atoms with Gasteiger partial charge in [0.15, 0.2) is 0 Å². The lowest BCUT2D eigenvalue weighted by Gasteiger charge is -2.49. The summed E-state index contributed by atoms with van der Waals surface area (Å²) in [5, 5.41) is 0. The summed E-state index contributed by atoms with van der Waals surface area (Å²) in [5.41, 5.74) is 7.27. The Morgan fingerprint density at radius 3 is 2.81 bits per heavy atom. The number of rotatable bonds is 3. The van der Waals surface area contributed by atoms with E-state index in [0.29, 0.717) is 12.7 Å². The third kappa shape index (κ3) is 2.31. The van der Waals surface area contributed by atoms with Crippen molar-refractivity contribution in [1.82, 2.24) is 0 Å². The van der Waals surface area contributed by atoms with Crippen molar-refractivity contribution >= 4 is 15.9 Å². The molecular formula is C13H18BrNO. The van der Waals surface area contributed by atoms with Gasteiger partial charge in [0, 0.05) is 15.9 Å². The zero-order valence-corrected chi connectivity index (χ0v) is 11.3. The average molecular weight is 284 g/mol. The Bertz CT molecular complexity index is 378. The van der Waals surface area contributed by atoms with Gasteiger partial charge in [-0.05, 0) is 24.1 Å². The predicted molar refractivity (Wildman–Crippen MR) is 69.1 cm³/mol. The SMILES string of the molecule is CC1(C)C(N)CC1OCc1cccc(Br)c1. The highest BCUT2D eigenvalue weighted by molar-refractivity contribution is 9.10. The number of benzene rings is 1. The second-order valence-electron chi connectivity index (χ2n) is 5.09. The molecule has 2 unspecified atom stereocenters. The van der Waals surface area contributed by atoms with Gasteiger partial charge in [-0.3, -0.25) is 0 Å². The van der Waals surface area contributed by atoms with Gasteiger partial charge in [0.2, 0.25) is 0 Å². The summed E-state index contributed by atoms with van der Waals surface area (Å²) >= 11 is 3.46. The fraction of sp³-hybridized carbons (Fsp3) is 0.538. The highest BCUT2D eigenvalue weighted by atomic mass is 79.9. The van der Waals surface area contributed by atoms with Crippen molar-refractivity contribution in [3.63, 3.8) is 0 Å². The lowest BCUT2D eigenvalue weighted by molar-refractivity contribution is -0.115.